The zero-order valence-corrected chi connectivity index (χ0v) is 9.13. The molecule has 0 saturated carbocycles. The first kappa shape index (κ1) is 12.1. The van der Waals surface area contributed by atoms with Gasteiger partial charge in [0, 0.05) is 13.2 Å². The second kappa shape index (κ2) is 6.53. The maximum Gasteiger partial charge on any atom is 0.123 e. The van der Waals surface area contributed by atoms with Gasteiger partial charge in [0.05, 0.1) is 6.61 Å². The molecular weight excluding hydrogens is 193 g/mol. The standard InChI is InChI=1S/C12H18FNO/c1-2-3-6-15-9-11-7-12(13)5-4-10(11)8-14/h4-5,7H,2-3,6,8-9,14H2,1H3. The maximum absolute atomic E-state index is 13.0. The Morgan fingerprint density at radius 1 is 1.33 bits per heavy atom. The number of ether oxygens (including phenoxy) is 1. The lowest BCUT2D eigenvalue weighted by atomic mass is 10.1. The van der Waals surface area contributed by atoms with Crippen LogP contribution in [0.15, 0.2) is 18.2 Å². The van der Waals surface area contributed by atoms with E-state index in [0.29, 0.717) is 13.2 Å². The lowest BCUT2D eigenvalue weighted by Gasteiger charge is -2.08. The molecule has 1 aromatic rings. The Kier molecular flexibility index (Phi) is 5.29. The number of rotatable bonds is 6. The number of hydrogen-bond acceptors (Lipinski definition) is 2. The van der Waals surface area contributed by atoms with Gasteiger partial charge in [-0.1, -0.05) is 19.4 Å². The summed E-state index contributed by atoms with van der Waals surface area (Å²) in [6, 6.07) is 4.64. The Hall–Kier alpha value is -0.930. The van der Waals surface area contributed by atoms with Gasteiger partial charge in [-0.2, -0.15) is 0 Å². The van der Waals surface area contributed by atoms with E-state index in [2.05, 4.69) is 6.92 Å². The van der Waals surface area contributed by atoms with Crippen LogP contribution >= 0.6 is 0 Å². The third-order valence-corrected chi connectivity index (χ3v) is 2.29. The van der Waals surface area contributed by atoms with Crippen molar-refractivity contribution in [1.82, 2.24) is 0 Å². The highest BCUT2D eigenvalue weighted by atomic mass is 19.1. The molecule has 2 N–H and O–H groups in total. The van der Waals surface area contributed by atoms with E-state index in [-0.39, 0.29) is 5.82 Å². The van der Waals surface area contributed by atoms with Crippen molar-refractivity contribution in [3.63, 3.8) is 0 Å². The Labute approximate surface area is 90.2 Å². The predicted molar refractivity (Wildman–Crippen MR) is 58.9 cm³/mol. The molecule has 1 aromatic carbocycles. The molecule has 0 aliphatic rings. The third kappa shape index (κ3) is 3.98. The molecule has 0 bridgehead atoms. The van der Waals surface area contributed by atoms with Crippen LogP contribution in [0.3, 0.4) is 0 Å². The maximum atomic E-state index is 13.0. The summed E-state index contributed by atoms with van der Waals surface area (Å²) >= 11 is 0. The van der Waals surface area contributed by atoms with Gasteiger partial charge in [0.25, 0.3) is 0 Å². The average Bonchev–Trinajstić information content (AvgIpc) is 2.25. The molecule has 3 heteroatoms. The number of halogens is 1. The van der Waals surface area contributed by atoms with Crippen LogP contribution in [-0.4, -0.2) is 6.61 Å². The summed E-state index contributed by atoms with van der Waals surface area (Å²) in [5.74, 6) is -0.235. The summed E-state index contributed by atoms with van der Waals surface area (Å²) in [7, 11) is 0. The van der Waals surface area contributed by atoms with Crippen LogP contribution in [0.25, 0.3) is 0 Å². The van der Waals surface area contributed by atoms with E-state index in [9.17, 15) is 4.39 Å². The molecule has 0 fully saturated rings. The van der Waals surface area contributed by atoms with Crippen LogP contribution in [0.1, 0.15) is 30.9 Å². The van der Waals surface area contributed by atoms with Crippen LogP contribution in [0.4, 0.5) is 4.39 Å². The molecular formula is C12H18FNO. The zero-order chi connectivity index (χ0) is 11.1. The lowest BCUT2D eigenvalue weighted by Crippen LogP contribution is -2.04. The molecule has 84 valence electrons. The molecule has 15 heavy (non-hydrogen) atoms. The van der Waals surface area contributed by atoms with Crippen LogP contribution in [0, 0.1) is 5.82 Å². The van der Waals surface area contributed by atoms with Crippen molar-refractivity contribution < 1.29 is 9.13 Å². The summed E-state index contributed by atoms with van der Waals surface area (Å²) in [6.45, 7) is 3.70. The summed E-state index contributed by atoms with van der Waals surface area (Å²) in [5.41, 5.74) is 7.36. The van der Waals surface area contributed by atoms with Crippen molar-refractivity contribution in [2.75, 3.05) is 6.61 Å². The van der Waals surface area contributed by atoms with Gasteiger partial charge < -0.3 is 10.5 Å². The fraction of sp³-hybridized carbons (Fsp3) is 0.500. The predicted octanol–water partition coefficient (Wildman–Crippen LogP) is 2.60. The molecule has 0 aliphatic heterocycles. The molecule has 2 nitrogen and oxygen atoms in total. The SMILES string of the molecule is CCCCOCc1cc(F)ccc1CN. The van der Waals surface area contributed by atoms with Crippen molar-refractivity contribution in [2.45, 2.75) is 32.9 Å². The van der Waals surface area contributed by atoms with Crippen LogP contribution in [-0.2, 0) is 17.9 Å². The van der Waals surface area contributed by atoms with E-state index in [1.54, 1.807) is 6.07 Å². The highest BCUT2D eigenvalue weighted by Crippen LogP contribution is 2.12. The second-order valence-electron chi connectivity index (χ2n) is 3.52. The van der Waals surface area contributed by atoms with Crippen molar-refractivity contribution in [2.24, 2.45) is 5.73 Å². The van der Waals surface area contributed by atoms with Gasteiger partial charge >= 0.3 is 0 Å². The minimum atomic E-state index is -0.235. The van der Waals surface area contributed by atoms with Gasteiger partial charge in [-0.25, -0.2) is 4.39 Å². The minimum absolute atomic E-state index is 0.235. The first-order valence-corrected chi connectivity index (χ1v) is 5.33. The van der Waals surface area contributed by atoms with E-state index in [1.165, 1.54) is 12.1 Å². The van der Waals surface area contributed by atoms with Gasteiger partial charge in [0.15, 0.2) is 0 Å². The summed E-state index contributed by atoms with van der Waals surface area (Å²) in [4.78, 5) is 0. The normalized spacial score (nSPS) is 10.6. The second-order valence-corrected chi connectivity index (χ2v) is 3.52. The molecule has 0 amide bonds. The van der Waals surface area contributed by atoms with Crippen molar-refractivity contribution in [1.29, 1.82) is 0 Å². The number of benzene rings is 1. The minimum Gasteiger partial charge on any atom is -0.377 e. The van der Waals surface area contributed by atoms with E-state index in [4.69, 9.17) is 10.5 Å². The molecule has 0 saturated heterocycles. The van der Waals surface area contributed by atoms with Gasteiger partial charge in [0.1, 0.15) is 5.82 Å². The largest absolute Gasteiger partial charge is 0.377 e. The van der Waals surface area contributed by atoms with Gasteiger partial charge in [-0.15, -0.1) is 0 Å². The van der Waals surface area contributed by atoms with E-state index in [0.717, 1.165) is 30.6 Å². The first-order valence-electron chi connectivity index (χ1n) is 5.33. The molecule has 0 aromatic heterocycles. The van der Waals surface area contributed by atoms with Crippen molar-refractivity contribution in [3.8, 4) is 0 Å². The molecule has 0 radical (unpaired) electrons. The third-order valence-electron chi connectivity index (χ3n) is 2.29. The van der Waals surface area contributed by atoms with Crippen molar-refractivity contribution >= 4 is 0 Å². The van der Waals surface area contributed by atoms with Gasteiger partial charge in [-0.3, -0.25) is 0 Å². The Morgan fingerprint density at radius 2 is 2.13 bits per heavy atom. The molecule has 1 rings (SSSR count). The van der Waals surface area contributed by atoms with Gasteiger partial charge in [-0.05, 0) is 29.7 Å². The van der Waals surface area contributed by atoms with E-state index in [1.807, 2.05) is 0 Å². The summed E-state index contributed by atoms with van der Waals surface area (Å²) in [6.07, 6.45) is 2.14. The smallest absolute Gasteiger partial charge is 0.123 e. The highest BCUT2D eigenvalue weighted by molar-refractivity contribution is 5.27. The van der Waals surface area contributed by atoms with Crippen LogP contribution in [0.2, 0.25) is 0 Å². The van der Waals surface area contributed by atoms with Gasteiger partial charge in [0.2, 0.25) is 0 Å². The number of unbranched alkanes of at least 4 members (excludes halogenated alkanes) is 1. The number of hydrogen-bond donors (Lipinski definition) is 1. The molecule has 0 heterocycles. The van der Waals surface area contributed by atoms with Crippen LogP contribution < -0.4 is 5.73 Å². The summed E-state index contributed by atoms with van der Waals surface area (Å²) < 4.78 is 18.4. The van der Waals surface area contributed by atoms with Crippen molar-refractivity contribution in [3.05, 3.63) is 35.1 Å². The van der Waals surface area contributed by atoms with E-state index >= 15 is 0 Å². The van der Waals surface area contributed by atoms with E-state index < -0.39 is 0 Å². The Morgan fingerprint density at radius 3 is 2.80 bits per heavy atom. The Bertz CT molecular complexity index is 302. The molecule has 0 atom stereocenters. The summed E-state index contributed by atoms with van der Waals surface area (Å²) in [5, 5.41) is 0. The quantitative estimate of drug-likeness (QED) is 0.734. The highest BCUT2D eigenvalue weighted by Gasteiger charge is 2.02. The fourth-order valence-corrected chi connectivity index (χ4v) is 1.36. The lowest BCUT2D eigenvalue weighted by molar-refractivity contribution is 0.117. The molecule has 0 aliphatic carbocycles. The first-order chi connectivity index (χ1) is 7.27. The number of nitrogens with two attached hydrogens (primary N) is 1. The zero-order valence-electron chi connectivity index (χ0n) is 9.13. The van der Waals surface area contributed by atoms with Crippen LogP contribution in [0.5, 0.6) is 0 Å². The molecule has 0 unspecified atom stereocenters. The Balaban J connectivity index is 2.54. The topological polar surface area (TPSA) is 35.2 Å². The fourth-order valence-electron chi connectivity index (χ4n) is 1.36. The molecule has 0 spiro atoms. The average molecular weight is 211 g/mol. The monoisotopic (exact) mass is 211 g/mol.